The lowest BCUT2D eigenvalue weighted by atomic mass is 10.2. The monoisotopic (exact) mass is 193 g/mol. The fraction of sp³-hybridized carbons (Fsp3) is 0.538. The van der Waals surface area contributed by atoms with Crippen LogP contribution >= 0.6 is 0 Å². The van der Waals surface area contributed by atoms with Crippen molar-refractivity contribution in [2.24, 2.45) is 0 Å². The van der Waals surface area contributed by atoms with Gasteiger partial charge in [0.1, 0.15) is 0 Å². The van der Waals surface area contributed by atoms with Crippen LogP contribution in [0, 0.1) is 6.92 Å². The molecule has 0 saturated carbocycles. The van der Waals surface area contributed by atoms with Gasteiger partial charge in [-0.1, -0.05) is 32.0 Å². The molecule has 0 aliphatic rings. The van der Waals surface area contributed by atoms with Gasteiger partial charge in [-0.15, -0.1) is 0 Å². The molecular weight excluding hydrogens is 170 g/mol. The minimum absolute atomic E-state index is 1.08. The highest BCUT2D eigenvalue weighted by Gasteiger charge is 2.02. The SMILES string of the molecule is CC.CCN(CC)c1ccccc1C. The standard InChI is InChI=1S/C11H17N.C2H6/c1-4-12(5-2)11-9-7-6-8-10(11)3;1-2/h6-9H,4-5H2,1-3H3;1-2H3. The fourth-order valence-electron chi connectivity index (χ4n) is 1.48. The maximum Gasteiger partial charge on any atom is 0.0395 e. The normalized spacial score (nSPS) is 8.93. The van der Waals surface area contributed by atoms with Gasteiger partial charge in [-0.05, 0) is 32.4 Å². The third-order valence-corrected chi connectivity index (χ3v) is 2.22. The van der Waals surface area contributed by atoms with Crippen molar-refractivity contribution in [3.8, 4) is 0 Å². The number of rotatable bonds is 3. The van der Waals surface area contributed by atoms with Gasteiger partial charge < -0.3 is 4.90 Å². The van der Waals surface area contributed by atoms with Gasteiger partial charge in [-0.25, -0.2) is 0 Å². The molecule has 1 rings (SSSR count). The van der Waals surface area contributed by atoms with Crippen LogP contribution in [-0.4, -0.2) is 13.1 Å². The lowest BCUT2D eigenvalue weighted by Gasteiger charge is -2.22. The van der Waals surface area contributed by atoms with Gasteiger partial charge >= 0.3 is 0 Å². The maximum absolute atomic E-state index is 2.37. The van der Waals surface area contributed by atoms with Crippen molar-refractivity contribution in [3.63, 3.8) is 0 Å². The summed E-state index contributed by atoms with van der Waals surface area (Å²) in [6.07, 6.45) is 0. The summed E-state index contributed by atoms with van der Waals surface area (Å²) in [5.41, 5.74) is 2.73. The molecule has 1 aromatic rings. The summed E-state index contributed by atoms with van der Waals surface area (Å²) in [7, 11) is 0. The first-order valence-electron chi connectivity index (χ1n) is 5.60. The second-order valence-corrected chi connectivity index (χ2v) is 2.96. The number of hydrogen-bond acceptors (Lipinski definition) is 1. The summed E-state index contributed by atoms with van der Waals surface area (Å²) < 4.78 is 0. The molecule has 80 valence electrons. The molecule has 0 saturated heterocycles. The molecule has 0 aliphatic carbocycles. The molecule has 0 amide bonds. The number of nitrogens with zero attached hydrogens (tertiary/aromatic N) is 1. The number of para-hydroxylation sites is 1. The van der Waals surface area contributed by atoms with Crippen LogP contribution in [0.2, 0.25) is 0 Å². The molecule has 0 heterocycles. The Hall–Kier alpha value is -0.980. The zero-order valence-corrected chi connectivity index (χ0v) is 10.2. The summed E-state index contributed by atoms with van der Waals surface area (Å²) >= 11 is 0. The van der Waals surface area contributed by atoms with Crippen molar-refractivity contribution in [3.05, 3.63) is 29.8 Å². The lowest BCUT2D eigenvalue weighted by molar-refractivity contribution is 0.862. The third-order valence-electron chi connectivity index (χ3n) is 2.22. The average molecular weight is 193 g/mol. The van der Waals surface area contributed by atoms with Crippen LogP contribution in [0.1, 0.15) is 33.3 Å². The Balaban J connectivity index is 0.000000791. The predicted octanol–water partition coefficient (Wildman–Crippen LogP) is 3.87. The van der Waals surface area contributed by atoms with Crippen molar-refractivity contribution < 1.29 is 0 Å². The molecule has 0 aromatic heterocycles. The van der Waals surface area contributed by atoms with Crippen LogP contribution < -0.4 is 4.90 Å². The second-order valence-electron chi connectivity index (χ2n) is 2.96. The van der Waals surface area contributed by atoms with E-state index in [1.807, 2.05) is 13.8 Å². The van der Waals surface area contributed by atoms with Crippen molar-refractivity contribution in [2.45, 2.75) is 34.6 Å². The Morgan fingerprint density at radius 1 is 1.00 bits per heavy atom. The molecule has 0 spiro atoms. The fourth-order valence-corrected chi connectivity index (χ4v) is 1.48. The molecule has 0 bridgehead atoms. The van der Waals surface area contributed by atoms with Crippen molar-refractivity contribution >= 4 is 5.69 Å². The highest BCUT2D eigenvalue weighted by molar-refractivity contribution is 5.52. The summed E-state index contributed by atoms with van der Waals surface area (Å²) in [5.74, 6) is 0. The van der Waals surface area contributed by atoms with E-state index >= 15 is 0 Å². The van der Waals surface area contributed by atoms with E-state index in [1.165, 1.54) is 11.3 Å². The first-order chi connectivity index (χ1) is 6.79. The summed E-state index contributed by atoms with van der Waals surface area (Å²) in [6.45, 7) is 12.7. The maximum atomic E-state index is 2.37. The molecule has 0 radical (unpaired) electrons. The molecule has 0 N–H and O–H groups in total. The van der Waals surface area contributed by atoms with Gasteiger partial charge in [0.2, 0.25) is 0 Å². The van der Waals surface area contributed by atoms with Crippen LogP contribution in [0.3, 0.4) is 0 Å². The summed E-state index contributed by atoms with van der Waals surface area (Å²) in [6, 6.07) is 8.53. The van der Waals surface area contributed by atoms with Gasteiger partial charge in [-0.3, -0.25) is 0 Å². The molecule has 0 fully saturated rings. The number of benzene rings is 1. The number of anilines is 1. The van der Waals surface area contributed by atoms with Crippen LogP contribution in [0.4, 0.5) is 5.69 Å². The largest absolute Gasteiger partial charge is 0.372 e. The van der Waals surface area contributed by atoms with Crippen LogP contribution in [-0.2, 0) is 0 Å². The number of aryl methyl sites for hydroxylation is 1. The topological polar surface area (TPSA) is 3.24 Å². The lowest BCUT2D eigenvalue weighted by Crippen LogP contribution is -2.22. The van der Waals surface area contributed by atoms with E-state index in [0.29, 0.717) is 0 Å². The molecule has 0 atom stereocenters. The molecule has 1 aromatic carbocycles. The summed E-state index contributed by atoms with van der Waals surface area (Å²) in [5, 5.41) is 0. The van der Waals surface area contributed by atoms with Crippen molar-refractivity contribution in [2.75, 3.05) is 18.0 Å². The summed E-state index contributed by atoms with van der Waals surface area (Å²) in [4.78, 5) is 2.37. The Labute approximate surface area is 88.8 Å². The van der Waals surface area contributed by atoms with E-state index in [2.05, 4.69) is 49.9 Å². The zero-order valence-electron chi connectivity index (χ0n) is 10.2. The van der Waals surface area contributed by atoms with Crippen LogP contribution in [0.15, 0.2) is 24.3 Å². The quantitative estimate of drug-likeness (QED) is 0.704. The molecule has 1 heteroatoms. The highest BCUT2D eigenvalue weighted by Crippen LogP contribution is 2.18. The van der Waals surface area contributed by atoms with Gasteiger partial charge in [0.15, 0.2) is 0 Å². The van der Waals surface area contributed by atoms with E-state index in [9.17, 15) is 0 Å². The van der Waals surface area contributed by atoms with Crippen LogP contribution in [0.25, 0.3) is 0 Å². The Bertz CT molecular complexity index is 239. The molecule has 1 nitrogen and oxygen atoms in total. The van der Waals surface area contributed by atoms with Crippen molar-refractivity contribution in [1.29, 1.82) is 0 Å². The van der Waals surface area contributed by atoms with E-state index in [1.54, 1.807) is 0 Å². The second kappa shape index (κ2) is 7.43. The average Bonchev–Trinajstić information content (AvgIpc) is 2.25. The Morgan fingerprint density at radius 2 is 1.50 bits per heavy atom. The van der Waals surface area contributed by atoms with E-state index < -0.39 is 0 Å². The molecule has 14 heavy (non-hydrogen) atoms. The highest BCUT2D eigenvalue weighted by atomic mass is 15.1. The zero-order chi connectivity index (χ0) is 11.0. The van der Waals surface area contributed by atoms with Gasteiger partial charge in [0.25, 0.3) is 0 Å². The van der Waals surface area contributed by atoms with E-state index in [-0.39, 0.29) is 0 Å². The smallest absolute Gasteiger partial charge is 0.0395 e. The van der Waals surface area contributed by atoms with Crippen molar-refractivity contribution in [1.82, 2.24) is 0 Å². The first-order valence-corrected chi connectivity index (χ1v) is 5.60. The van der Waals surface area contributed by atoms with Gasteiger partial charge in [0, 0.05) is 18.8 Å². The molecule has 0 aliphatic heterocycles. The van der Waals surface area contributed by atoms with E-state index in [0.717, 1.165) is 13.1 Å². The Kier molecular flexibility index (Phi) is 6.91. The van der Waals surface area contributed by atoms with Gasteiger partial charge in [0.05, 0.1) is 0 Å². The minimum Gasteiger partial charge on any atom is -0.372 e. The minimum atomic E-state index is 1.08. The first kappa shape index (κ1) is 13.0. The van der Waals surface area contributed by atoms with Gasteiger partial charge in [-0.2, -0.15) is 0 Å². The predicted molar refractivity (Wildman–Crippen MR) is 66.1 cm³/mol. The molecule has 0 unspecified atom stereocenters. The molecular formula is C13H23N. The Morgan fingerprint density at radius 3 is 1.93 bits per heavy atom. The van der Waals surface area contributed by atoms with E-state index in [4.69, 9.17) is 0 Å². The number of hydrogen-bond donors (Lipinski definition) is 0. The van der Waals surface area contributed by atoms with Crippen LogP contribution in [0.5, 0.6) is 0 Å². The third kappa shape index (κ3) is 3.41.